The summed E-state index contributed by atoms with van der Waals surface area (Å²) in [5.74, 6) is 0. The minimum atomic E-state index is 0.149. The number of thioether (sulfide) groups is 1. The van der Waals surface area contributed by atoms with E-state index in [-0.39, 0.29) is 5.56 Å². The van der Waals surface area contributed by atoms with Crippen molar-refractivity contribution in [3.05, 3.63) is 57.5 Å². The molecule has 0 N–H and O–H groups in total. The Morgan fingerprint density at radius 1 is 1.26 bits per heavy atom. The zero-order valence-corrected chi connectivity index (χ0v) is 11.7. The van der Waals surface area contributed by atoms with E-state index in [9.17, 15) is 4.79 Å². The monoisotopic (exact) mass is 272 g/mol. The molecule has 0 atom stereocenters. The van der Waals surface area contributed by atoms with E-state index in [0.29, 0.717) is 6.54 Å². The van der Waals surface area contributed by atoms with Gasteiger partial charge in [-0.3, -0.25) is 9.36 Å². The van der Waals surface area contributed by atoms with E-state index in [1.807, 2.05) is 41.2 Å². The second kappa shape index (κ2) is 5.21. The van der Waals surface area contributed by atoms with Crippen LogP contribution in [0.5, 0.6) is 0 Å². The normalized spacial score (nSPS) is 13.5. The van der Waals surface area contributed by atoms with Gasteiger partial charge in [-0.05, 0) is 31.1 Å². The van der Waals surface area contributed by atoms with Crippen LogP contribution in [0.2, 0.25) is 0 Å². The average Bonchev–Trinajstić information content (AvgIpc) is 2.91. The molecule has 0 saturated carbocycles. The molecule has 0 amide bonds. The van der Waals surface area contributed by atoms with Crippen molar-refractivity contribution >= 4 is 11.8 Å². The van der Waals surface area contributed by atoms with Gasteiger partial charge in [-0.25, -0.2) is 4.98 Å². The summed E-state index contributed by atoms with van der Waals surface area (Å²) in [5.41, 5.74) is 3.22. The fraction of sp³-hybridized carbons (Fsp3) is 0.333. The molecule has 1 aliphatic carbocycles. The molecule has 19 heavy (non-hydrogen) atoms. The first-order valence-corrected chi connectivity index (χ1v) is 7.72. The first kappa shape index (κ1) is 12.5. The molecule has 0 bridgehead atoms. The van der Waals surface area contributed by atoms with Crippen LogP contribution in [-0.2, 0) is 19.4 Å². The van der Waals surface area contributed by atoms with Crippen LogP contribution in [-0.4, -0.2) is 15.8 Å². The number of hydrogen-bond donors (Lipinski definition) is 0. The van der Waals surface area contributed by atoms with Crippen LogP contribution in [0.4, 0.5) is 0 Å². The summed E-state index contributed by atoms with van der Waals surface area (Å²) in [7, 11) is 0. The number of aryl methyl sites for hydroxylation is 1. The van der Waals surface area contributed by atoms with Crippen molar-refractivity contribution < 1.29 is 0 Å². The Morgan fingerprint density at radius 3 is 2.79 bits per heavy atom. The number of rotatable bonds is 3. The zero-order chi connectivity index (χ0) is 13.2. The van der Waals surface area contributed by atoms with Crippen molar-refractivity contribution in [1.29, 1.82) is 0 Å². The largest absolute Gasteiger partial charge is 0.283 e. The van der Waals surface area contributed by atoms with Gasteiger partial charge in [0.15, 0.2) is 5.16 Å². The highest BCUT2D eigenvalue weighted by atomic mass is 32.2. The molecule has 1 heterocycles. The molecule has 0 radical (unpaired) electrons. The SMILES string of the molecule is CSc1nc2c(c(=O)n1Cc1ccccc1)CCC2. The number of benzene rings is 1. The fourth-order valence-electron chi connectivity index (χ4n) is 2.57. The Labute approximate surface area is 116 Å². The molecule has 0 fully saturated rings. The maximum Gasteiger partial charge on any atom is 0.257 e. The minimum Gasteiger partial charge on any atom is -0.283 e. The number of aromatic nitrogens is 2. The molecule has 0 aliphatic heterocycles. The summed E-state index contributed by atoms with van der Waals surface area (Å²) in [6.07, 6.45) is 4.86. The molecule has 98 valence electrons. The topological polar surface area (TPSA) is 34.9 Å². The molecule has 3 rings (SSSR count). The summed E-state index contributed by atoms with van der Waals surface area (Å²) < 4.78 is 1.81. The second-order valence-electron chi connectivity index (χ2n) is 4.75. The van der Waals surface area contributed by atoms with Crippen LogP contribution in [0, 0.1) is 0 Å². The Kier molecular flexibility index (Phi) is 3.42. The van der Waals surface area contributed by atoms with Gasteiger partial charge in [0.25, 0.3) is 5.56 Å². The number of nitrogens with zero attached hydrogens (tertiary/aromatic N) is 2. The molecule has 0 saturated heterocycles. The Hall–Kier alpha value is -1.55. The lowest BCUT2D eigenvalue weighted by molar-refractivity contribution is 0.632. The summed E-state index contributed by atoms with van der Waals surface area (Å²) in [5, 5.41) is 0.828. The predicted molar refractivity (Wildman–Crippen MR) is 77.8 cm³/mol. The van der Waals surface area contributed by atoms with Gasteiger partial charge >= 0.3 is 0 Å². The molecule has 1 aromatic heterocycles. The van der Waals surface area contributed by atoms with Crippen LogP contribution in [0.1, 0.15) is 23.2 Å². The minimum absolute atomic E-state index is 0.149. The van der Waals surface area contributed by atoms with Crippen LogP contribution in [0.25, 0.3) is 0 Å². The van der Waals surface area contributed by atoms with E-state index in [1.165, 1.54) is 0 Å². The van der Waals surface area contributed by atoms with Gasteiger partial charge in [-0.1, -0.05) is 42.1 Å². The highest BCUT2D eigenvalue weighted by Crippen LogP contribution is 2.20. The Bertz CT molecular complexity index is 649. The van der Waals surface area contributed by atoms with E-state index < -0.39 is 0 Å². The van der Waals surface area contributed by atoms with Gasteiger partial charge in [0.1, 0.15) is 0 Å². The lowest BCUT2D eigenvalue weighted by Crippen LogP contribution is -2.27. The quantitative estimate of drug-likeness (QED) is 0.636. The lowest BCUT2D eigenvalue weighted by Gasteiger charge is -2.12. The maximum atomic E-state index is 12.6. The zero-order valence-electron chi connectivity index (χ0n) is 10.9. The summed E-state index contributed by atoms with van der Waals surface area (Å²) in [6.45, 7) is 0.607. The van der Waals surface area contributed by atoms with Crippen LogP contribution < -0.4 is 5.56 Å². The third-order valence-corrected chi connectivity index (χ3v) is 4.20. The average molecular weight is 272 g/mol. The highest BCUT2D eigenvalue weighted by molar-refractivity contribution is 7.98. The molecule has 0 unspecified atom stereocenters. The van der Waals surface area contributed by atoms with Gasteiger partial charge in [0.2, 0.25) is 0 Å². The number of fused-ring (bicyclic) bond motifs is 1. The van der Waals surface area contributed by atoms with Gasteiger partial charge in [-0.2, -0.15) is 0 Å². The highest BCUT2D eigenvalue weighted by Gasteiger charge is 2.20. The molecular formula is C15H16N2OS. The van der Waals surface area contributed by atoms with Gasteiger partial charge in [0.05, 0.1) is 12.2 Å². The first-order valence-electron chi connectivity index (χ1n) is 6.50. The molecule has 0 spiro atoms. The van der Waals surface area contributed by atoms with Gasteiger partial charge in [0, 0.05) is 5.56 Å². The standard InChI is InChI=1S/C15H16N2OS/c1-19-15-16-13-9-5-8-12(13)14(18)17(15)10-11-6-3-2-4-7-11/h2-4,6-7H,5,8-10H2,1H3. The van der Waals surface area contributed by atoms with Crippen LogP contribution >= 0.6 is 11.8 Å². The van der Waals surface area contributed by atoms with Gasteiger partial charge < -0.3 is 0 Å². The Balaban J connectivity index is 2.08. The van der Waals surface area contributed by atoms with Crippen molar-refractivity contribution in [2.24, 2.45) is 0 Å². The van der Waals surface area contributed by atoms with Crippen LogP contribution in [0.15, 0.2) is 40.3 Å². The Morgan fingerprint density at radius 2 is 2.05 bits per heavy atom. The third-order valence-electron chi connectivity index (χ3n) is 3.52. The van der Waals surface area contributed by atoms with Crippen molar-refractivity contribution in [1.82, 2.24) is 9.55 Å². The third kappa shape index (κ3) is 2.32. The van der Waals surface area contributed by atoms with E-state index in [0.717, 1.165) is 41.2 Å². The molecule has 1 aliphatic rings. The van der Waals surface area contributed by atoms with E-state index in [4.69, 9.17) is 0 Å². The fourth-order valence-corrected chi connectivity index (χ4v) is 3.14. The molecule has 3 nitrogen and oxygen atoms in total. The van der Waals surface area contributed by atoms with E-state index in [1.54, 1.807) is 11.8 Å². The van der Waals surface area contributed by atoms with E-state index in [2.05, 4.69) is 4.98 Å². The van der Waals surface area contributed by atoms with Gasteiger partial charge in [-0.15, -0.1) is 0 Å². The molecular weight excluding hydrogens is 256 g/mol. The predicted octanol–water partition coefficient (Wildman–Crippen LogP) is 2.50. The van der Waals surface area contributed by atoms with Crippen molar-refractivity contribution in [2.75, 3.05) is 6.26 Å². The first-order chi connectivity index (χ1) is 9.29. The summed E-state index contributed by atoms with van der Waals surface area (Å²) in [4.78, 5) is 17.2. The molecule has 4 heteroatoms. The molecule has 1 aromatic carbocycles. The second-order valence-corrected chi connectivity index (χ2v) is 5.53. The van der Waals surface area contributed by atoms with Crippen LogP contribution in [0.3, 0.4) is 0 Å². The number of hydrogen-bond acceptors (Lipinski definition) is 3. The summed E-state index contributed by atoms with van der Waals surface area (Å²) >= 11 is 1.55. The maximum absolute atomic E-state index is 12.6. The molecule has 2 aromatic rings. The van der Waals surface area contributed by atoms with E-state index >= 15 is 0 Å². The summed E-state index contributed by atoms with van der Waals surface area (Å²) in [6, 6.07) is 10.1. The lowest BCUT2D eigenvalue weighted by atomic mass is 10.2. The van der Waals surface area contributed by atoms with Crippen molar-refractivity contribution in [3.63, 3.8) is 0 Å². The van der Waals surface area contributed by atoms with Crippen molar-refractivity contribution in [3.8, 4) is 0 Å². The van der Waals surface area contributed by atoms with Crippen molar-refractivity contribution in [2.45, 2.75) is 31.0 Å². The smallest absolute Gasteiger partial charge is 0.257 e.